The van der Waals surface area contributed by atoms with Crippen LogP contribution in [0, 0.1) is 20.2 Å². The molecule has 0 spiro atoms. The fourth-order valence-corrected chi connectivity index (χ4v) is 3.36. The zero-order valence-corrected chi connectivity index (χ0v) is 23.5. The van der Waals surface area contributed by atoms with Gasteiger partial charge in [0.1, 0.15) is 5.60 Å². The highest BCUT2D eigenvalue weighted by atomic mass is 16.6. The Bertz CT molecular complexity index is 1070. The van der Waals surface area contributed by atoms with E-state index in [1.54, 1.807) is 20.8 Å². The monoisotopic (exact) mass is 580 g/mol. The Labute approximate surface area is 238 Å². The summed E-state index contributed by atoms with van der Waals surface area (Å²) < 4.78 is 5.29. The zero-order chi connectivity index (χ0) is 31.0. The van der Waals surface area contributed by atoms with Gasteiger partial charge in [-0.3, -0.25) is 20.2 Å². The lowest BCUT2D eigenvalue weighted by Crippen LogP contribution is -2.40. The van der Waals surface area contributed by atoms with Crippen molar-refractivity contribution >= 4 is 17.5 Å². The molecule has 0 aliphatic carbocycles. The molecule has 0 aliphatic rings. The number of nitro groups is 2. The van der Waals surface area contributed by atoms with Gasteiger partial charge in [-0.15, -0.1) is 0 Å². The summed E-state index contributed by atoms with van der Waals surface area (Å²) >= 11 is 0. The maximum absolute atomic E-state index is 12.2. The number of hydrogen-bond donors (Lipinski definition) is 5. The van der Waals surface area contributed by atoms with Crippen molar-refractivity contribution < 1.29 is 39.8 Å². The Kier molecular flexibility index (Phi) is 15.4. The minimum atomic E-state index is -1.02. The molecule has 41 heavy (non-hydrogen) atoms. The molecule has 2 aromatic rings. The molecule has 14 nitrogen and oxygen atoms in total. The Morgan fingerprint density at radius 3 is 1.76 bits per heavy atom. The number of hydrogen-bond acceptors (Lipinski definition) is 11. The van der Waals surface area contributed by atoms with Gasteiger partial charge in [-0.25, -0.2) is 4.79 Å². The van der Waals surface area contributed by atoms with E-state index in [0.29, 0.717) is 37.1 Å². The van der Waals surface area contributed by atoms with Gasteiger partial charge < -0.3 is 35.4 Å². The van der Waals surface area contributed by atoms with Crippen molar-refractivity contribution in [1.82, 2.24) is 10.2 Å². The standard InChI is InChI=1S/C16H24N2O6.C11H16N2O4/c1-16(2,3)24-15(21)17(9-4-10-19)11-14(20)12-5-7-13(8-6-12)18(22)23;14-7-1-6-12-8-11(15)9-2-4-10(5-3-9)13(16)17/h5-8,14,19-20H,4,9-11H2,1-3H3;2-5,11-12,14-15H,1,6-8H2/t14-;11-/m11/s1. The third-order valence-corrected chi connectivity index (χ3v) is 5.46. The molecule has 2 rings (SSSR count). The maximum Gasteiger partial charge on any atom is 0.410 e. The largest absolute Gasteiger partial charge is 0.444 e. The number of ether oxygens (including phenoxy) is 1. The van der Waals surface area contributed by atoms with Gasteiger partial charge in [-0.2, -0.15) is 0 Å². The quantitative estimate of drug-likeness (QED) is 0.125. The van der Waals surface area contributed by atoms with E-state index in [0.717, 1.165) is 0 Å². The Morgan fingerprint density at radius 1 is 0.878 bits per heavy atom. The number of aliphatic hydroxyl groups excluding tert-OH is 4. The van der Waals surface area contributed by atoms with Gasteiger partial charge in [0.25, 0.3) is 11.4 Å². The van der Waals surface area contributed by atoms with Gasteiger partial charge in [0.2, 0.25) is 0 Å². The zero-order valence-electron chi connectivity index (χ0n) is 23.5. The molecular weight excluding hydrogens is 540 g/mol. The van der Waals surface area contributed by atoms with Crippen LogP contribution in [-0.2, 0) is 4.74 Å². The summed E-state index contributed by atoms with van der Waals surface area (Å²) in [5.41, 5.74) is 0.349. The smallest absolute Gasteiger partial charge is 0.410 e. The van der Waals surface area contributed by atoms with Crippen molar-refractivity contribution in [2.24, 2.45) is 0 Å². The van der Waals surface area contributed by atoms with Crippen LogP contribution in [0.25, 0.3) is 0 Å². The molecule has 0 aromatic heterocycles. The fraction of sp³-hybridized carbons (Fsp3) is 0.519. The van der Waals surface area contributed by atoms with Gasteiger partial charge in [-0.1, -0.05) is 0 Å². The summed E-state index contributed by atoms with van der Waals surface area (Å²) in [5, 5.41) is 61.6. The predicted molar refractivity (Wildman–Crippen MR) is 150 cm³/mol. The molecule has 0 radical (unpaired) electrons. The van der Waals surface area contributed by atoms with Crippen molar-refractivity contribution in [1.29, 1.82) is 0 Å². The van der Waals surface area contributed by atoms with Gasteiger partial charge in [-0.05, 0) is 75.5 Å². The molecule has 14 heteroatoms. The van der Waals surface area contributed by atoms with Crippen molar-refractivity contribution in [3.05, 3.63) is 79.9 Å². The molecule has 2 atom stereocenters. The summed E-state index contributed by atoms with van der Waals surface area (Å²) in [6.45, 7) is 6.42. The number of carbonyl (C=O) groups is 1. The number of rotatable bonds is 14. The molecule has 0 saturated heterocycles. The number of benzene rings is 2. The number of aliphatic hydroxyl groups is 4. The second kappa shape index (κ2) is 17.9. The first kappa shape index (κ1) is 35.3. The lowest BCUT2D eigenvalue weighted by Gasteiger charge is -2.29. The second-order valence-corrected chi connectivity index (χ2v) is 10.0. The van der Waals surface area contributed by atoms with Crippen molar-refractivity contribution in [3.63, 3.8) is 0 Å². The predicted octanol–water partition coefficient (Wildman–Crippen LogP) is 2.85. The number of nitrogens with one attached hydrogen (secondary N) is 1. The van der Waals surface area contributed by atoms with Crippen LogP contribution in [-0.4, -0.2) is 86.3 Å². The van der Waals surface area contributed by atoms with E-state index in [2.05, 4.69) is 5.32 Å². The minimum absolute atomic E-state index is 0.00851. The molecule has 0 bridgehead atoms. The Morgan fingerprint density at radius 2 is 1.34 bits per heavy atom. The van der Waals surface area contributed by atoms with E-state index in [1.807, 2.05) is 0 Å². The molecule has 2 aromatic carbocycles. The van der Waals surface area contributed by atoms with E-state index >= 15 is 0 Å². The summed E-state index contributed by atoms with van der Waals surface area (Å²) in [6, 6.07) is 11.3. The molecule has 0 aliphatic heterocycles. The summed E-state index contributed by atoms with van der Waals surface area (Å²) in [4.78, 5) is 33.6. The Balaban J connectivity index is 0.000000435. The molecule has 0 saturated carbocycles. The third kappa shape index (κ3) is 14.0. The molecule has 0 heterocycles. The van der Waals surface area contributed by atoms with Crippen LogP contribution < -0.4 is 5.32 Å². The van der Waals surface area contributed by atoms with Crippen LogP contribution in [0.2, 0.25) is 0 Å². The number of non-ortho nitro benzene ring substituents is 2. The SMILES string of the molecule is CC(C)(C)OC(=O)N(CCCO)C[C@@H](O)c1ccc([N+](=O)[O-])cc1.O=[N+]([O-])c1ccc([C@H](O)CNCCCO)cc1. The van der Waals surface area contributed by atoms with Gasteiger partial charge >= 0.3 is 6.09 Å². The average Bonchev–Trinajstić information content (AvgIpc) is 2.92. The first-order valence-electron chi connectivity index (χ1n) is 13.0. The van der Waals surface area contributed by atoms with Crippen LogP contribution in [0.4, 0.5) is 16.2 Å². The van der Waals surface area contributed by atoms with E-state index in [-0.39, 0.29) is 37.7 Å². The fourth-order valence-electron chi connectivity index (χ4n) is 3.36. The first-order chi connectivity index (χ1) is 19.3. The number of carbonyl (C=O) groups excluding carboxylic acids is 1. The second-order valence-electron chi connectivity index (χ2n) is 10.0. The Hall–Kier alpha value is -3.69. The van der Waals surface area contributed by atoms with Crippen LogP contribution in [0.15, 0.2) is 48.5 Å². The van der Waals surface area contributed by atoms with Crippen LogP contribution in [0.1, 0.15) is 56.9 Å². The van der Waals surface area contributed by atoms with E-state index in [9.17, 15) is 35.2 Å². The summed E-state index contributed by atoms with van der Waals surface area (Å²) in [5.74, 6) is 0. The lowest BCUT2D eigenvalue weighted by molar-refractivity contribution is -0.385. The number of nitro benzene ring substituents is 2. The normalized spacial score (nSPS) is 12.5. The topological polar surface area (TPSA) is 209 Å². The van der Waals surface area contributed by atoms with Gasteiger partial charge in [0.05, 0.1) is 28.6 Å². The molecular formula is C27H40N4O10. The number of nitrogens with zero attached hydrogens (tertiary/aromatic N) is 3. The van der Waals surface area contributed by atoms with Crippen molar-refractivity contribution in [2.45, 2.75) is 51.4 Å². The highest BCUT2D eigenvalue weighted by Crippen LogP contribution is 2.20. The van der Waals surface area contributed by atoms with Crippen LogP contribution in [0.3, 0.4) is 0 Å². The summed E-state index contributed by atoms with van der Waals surface area (Å²) in [6.07, 6.45) is -1.32. The van der Waals surface area contributed by atoms with Crippen LogP contribution >= 0.6 is 0 Å². The highest BCUT2D eigenvalue weighted by Gasteiger charge is 2.24. The van der Waals surface area contributed by atoms with E-state index in [4.69, 9.17) is 14.9 Å². The first-order valence-corrected chi connectivity index (χ1v) is 13.0. The molecule has 1 amide bonds. The molecule has 0 fully saturated rings. The lowest BCUT2D eigenvalue weighted by atomic mass is 10.1. The minimum Gasteiger partial charge on any atom is -0.444 e. The summed E-state index contributed by atoms with van der Waals surface area (Å²) in [7, 11) is 0. The number of amides is 1. The van der Waals surface area contributed by atoms with Crippen molar-refractivity contribution in [2.75, 3.05) is 39.4 Å². The van der Waals surface area contributed by atoms with E-state index in [1.165, 1.54) is 53.4 Å². The molecule has 5 N–H and O–H groups in total. The van der Waals surface area contributed by atoms with E-state index < -0.39 is 33.7 Å². The van der Waals surface area contributed by atoms with Crippen LogP contribution in [0.5, 0.6) is 0 Å². The average molecular weight is 581 g/mol. The molecule has 0 unspecified atom stereocenters. The van der Waals surface area contributed by atoms with Gasteiger partial charge in [0, 0.05) is 50.6 Å². The molecule has 228 valence electrons. The van der Waals surface area contributed by atoms with Gasteiger partial charge in [0.15, 0.2) is 0 Å². The third-order valence-electron chi connectivity index (χ3n) is 5.46. The maximum atomic E-state index is 12.2. The highest BCUT2D eigenvalue weighted by molar-refractivity contribution is 5.68. The van der Waals surface area contributed by atoms with Crippen molar-refractivity contribution in [3.8, 4) is 0 Å².